The lowest BCUT2D eigenvalue weighted by Gasteiger charge is -2.25. The number of imidazole rings is 1. The number of carbonyl (C=O) groups is 4. The van der Waals surface area contributed by atoms with Crippen LogP contribution in [0, 0.1) is 0 Å². The van der Waals surface area contributed by atoms with Gasteiger partial charge in [0, 0.05) is 20.8 Å². The fraction of sp³-hybridized carbons (Fsp3) is 0.556. The summed E-state index contributed by atoms with van der Waals surface area (Å²) in [5.74, 6) is -1.69. The number of aliphatic imine (C=N–C) groups is 1. The molecule has 0 aliphatic carbocycles. The molecule has 14 heteroatoms. The van der Waals surface area contributed by atoms with Gasteiger partial charge in [-0.05, 0) is 6.92 Å². The predicted molar refractivity (Wildman–Crippen MR) is 104 cm³/mol. The largest absolute Gasteiger partial charge is 0.453 e. The van der Waals surface area contributed by atoms with E-state index in [1.165, 1.54) is 24.2 Å². The van der Waals surface area contributed by atoms with E-state index in [1.54, 1.807) is 6.92 Å². The Morgan fingerprint density at radius 1 is 1.09 bits per heavy atom. The zero-order chi connectivity index (χ0) is 23.4. The number of anilines is 1. The highest BCUT2D eigenvalue weighted by Crippen LogP contribution is 2.38. The summed E-state index contributed by atoms with van der Waals surface area (Å²) < 4.78 is 27.8. The van der Waals surface area contributed by atoms with Gasteiger partial charge in [0.05, 0.1) is 19.3 Å². The highest BCUT2D eigenvalue weighted by atomic mass is 16.8. The number of esters is 3. The molecule has 2 aliphatic heterocycles. The van der Waals surface area contributed by atoms with Crippen molar-refractivity contribution in [1.29, 1.82) is 0 Å². The molecule has 0 aromatic carbocycles. The number of carbonyl (C=O) groups excluding carboxylic acids is 4. The summed E-state index contributed by atoms with van der Waals surface area (Å²) in [6, 6.07) is 0. The van der Waals surface area contributed by atoms with Gasteiger partial charge in [0.15, 0.2) is 18.5 Å². The smallest absolute Gasteiger partial charge is 0.409 e. The molecule has 0 spiro atoms. The van der Waals surface area contributed by atoms with Gasteiger partial charge in [0.25, 0.3) is 0 Å². The van der Waals surface area contributed by atoms with Crippen molar-refractivity contribution in [2.24, 2.45) is 4.99 Å². The third kappa shape index (κ3) is 4.96. The Labute approximate surface area is 182 Å². The Hall–Kier alpha value is -3.68. The molecular weight excluding hydrogens is 430 g/mol. The minimum atomic E-state index is -1.34. The molecule has 2 unspecified atom stereocenters. The monoisotopic (exact) mass is 453 g/mol. The van der Waals surface area contributed by atoms with Crippen LogP contribution in [0.5, 0.6) is 0 Å². The quantitative estimate of drug-likeness (QED) is 0.450. The summed E-state index contributed by atoms with van der Waals surface area (Å²) in [7, 11) is 0. The molecule has 3 rings (SSSR count). The molecule has 1 amide bonds. The van der Waals surface area contributed by atoms with Crippen LogP contribution in [0.2, 0.25) is 0 Å². The molecule has 174 valence electrons. The first-order valence-electron chi connectivity index (χ1n) is 9.66. The fourth-order valence-corrected chi connectivity index (χ4v) is 3.27. The van der Waals surface area contributed by atoms with E-state index in [1.807, 2.05) is 0 Å². The van der Waals surface area contributed by atoms with E-state index in [0.29, 0.717) is 11.5 Å². The highest BCUT2D eigenvalue weighted by Gasteiger charge is 2.53. The SMILES string of the molecule is CCOC(=O)NC1N=CNc2c1ncn2C1O[C@H](OC(C)=O)[C@@H](OC(C)=O)[C@H]1OC(C)=O. The maximum Gasteiger partial charge on any atom is 0.409 e. The van der Waals surface area contributed by atoms with Crippen LogP contribution in [0.4, 0.5) is 10.6 Å². The third-order valence-electron chi connectivity index (χ3n) is 4.34. The Kier molecular flexibility index (Phi) is 6.92. The molecule has 3 heterocycles. The summed E-state index contributed by atoms with van der Waals surface area (Å²) in [4.78, 5) is 55.1. The van der Waals surface area contributed by atoms with Crippen LogP contribution in [-0.2, 0) is 38.1 Å². The van der Waals surface area contributed by atoms with Gasteiger partial charge in [-0.15, -0.1) is 0 Å². The Morgan fingerprint density at radius 2 is 1.75 bits per heavy atom. The number of alkyl carbamates (subject to hydrolysis) is 1. The van der Waals surface area contributed by atoms with Gasteiger partial charge in [-0.3, -0.25) is 24.3 Å². The maximum atomic E-state index is 11.8. The van der Waals surface area contributed by atoms with Crippen LogP contribution in [-0.4, -0.2) is 65.0 Å². The summed E-state index contributed by atoms with van der Waals surface area (Å²) in [6.45, 7) is 5.33. The number of ether oxygens (including phenoxy) is 5. The molecule has 0 bridgehead atoms. The van der Waals surface area contributed by atoms with Crippen molar-refractivity contribution in [3.63, 3.8) is 0 Å². The van der Waals surface area contributed by atoms with Crippen molar-refractivity contribution in [2.45, 2.75) is 58.6 Å². The fourth-order valence-electron chi connectivity index (χ4n) is 3.27. The molecule has 1 aromatic rings. The van der Waals surface area contributed by atoms with Gasteiger partial charge < -0.3 is 29.0 Å². The summed E-state index contributed by atoms with van der Waals surface area (Å²) >= 11 is 0. The number of nitrogens with zero attached hydrogens (tertiary/aromatic N) is 3. The number of fused-ring (bicyclic) bond motifs is 1. The summed E-state index contributed by atoms with van der Waals surface area (Å²) in [6.07, 6.45) is -3.68. The molecule has 1 saturated heterocycles. The molecule has 2 aliphatic rings. The normalized spacial score (nSPS) is 25.8. The molecule has 14 nitrogen and oxygen atoms in total. The average Bonchev–Trinajstić information content (AvgIpc) is 3.24. The minimum Gasteiger partial charge on any atom is -0.453 e. The number of hydrogen-bond donors (Lipinski definition) is 2. The third-order valence-corrected chi connectivity index (χ3v) is 4.34. The number of hydrogen-bond acceptors (Lipinski definition) is 12. The molecule has 5 atom stereocenters. The van der Waals surface area contributed by atoms with Crippen molar-refractivity contribution >= 4 is 36.2 Å². The second kappa shape index (κ2) is 9.64. The van der Waals surface area contributed by atoms with Crippen molar-refractivity contribution in [1.82, 2.24) is 14.9 Å². The van der Waals surface area contributed by atoms with E-state index < -0.39 is 54.9 Å². The predicted octanol–water partition coefficient (Wildman–Crippen LogP) is 0.363. The Balaban J connectivity index is 1.94. The van der Waals surface area contributed by atoms with Crippen LogP contribution < -0.4 is 10.6 Å². The van der Waals surface area contributed by atoms with Crippen molar-refractivity contribution < 1.29 is 42.9 Å². The highest BCUT2D eigenvalue weighted by molar-refractivity contribution is 5.79. The number of aromatic nitrogens is 2. The maximum absolute atomic E-state index is 11.8. The molecule has 0 saturated carbocycles. The standard InChI is InChI=1S/C18H23N5O9/c1-5-28-18(27)22-14-11-15(20-6-19-14)23(7-21-11)16-12(29-8(2)24)13(30-9(3)25)17(32-16)31-10(4)26/h6-7,12-14,16-17H,5H2,1-4H3,(H,19,20)(H,22,27)/t12-,13+,14?,16?,17+/m1/s1. The molecule has 2 N–H and O–H groups in total. The first-order chi connectivity index (χ1) is 15.2. The van der Waals surface area contributed by atoms with Gasteiger partial charge in [0.1, 0.15) is 11.5 Å². The lowest BCUT2D eigenvalue weighted by molar-refractivity contribution is -0.198. The van der Waals surface area contributed by atoms with Crippen LogP contribution in [0.25, 0.3) is 0 Å². The van der Waals surface area contributed by atoms with Crippen LogP contribution in [0.15, 0.2) is 11.3 Å². The minimum absolute atomic E-state index is 0.177. The summed E-state index contributed by atoms with van der Waals surface area (Å²) in [5, 5.41) is 5.44. The zero-order valence-corrected chi connectivity index (χ0v) is 17.8. The number of rotatable bonds is 6. The van der Waals surface area contributed by atoms with Gasteiger partial charge in [-0.1, -0.05) is 0 Å². The van der Waals surface area contributed by atoms with Crippen LogP contribution in [0.3, 0.4) is 0 Å². The van der Waals surface area contributed by atoms with Gasteiger partial charge in [-0.2, -0.15) is 0 Å². The average molecular weight is 453 g/mol. The second-order valence-corrected chi connectivity index (χ2v) is 6.73. The lowest BCUT2D eigenvalue weighted by atomic mass is 10.2. The molecule has 0 radical (unpaired) electrons. The van der Waals surface area contributed by atoms with E-state index >= 15 is 0 Å². The van der Waals surface area contributed by atoms with Gasteiger partial charge in [0.2, 0.25) is 12.4 Å². The van der Waals surface area contributed by atoms with Gasteiger partial charge >= 0.3 is 24.0 Å². The summed E-state index contributed by atoms with van der Waals surface area (Å²) in [5.41, 5.74) is 0.325. The van der Waals surface area contributed by atoms with Crippen molar-refractivity contribution in [3.8, 4) is 0 Å². The Morgan fingerprint density at radius 3 is 2.38 bits per heavy atom. The molecule has 1 fully saturated rings. The first-order valence-corrected chi connectivity index (χ1v) is 9.66. The van der Waals surface area contributed by atoms with E-state index in [4.69, 9.17) is 23.7 Å². The van der Waals surface area contributed by atoms with E-state index in [0.717, 1.165) is 13.8 Å². The topological polar surface area (TPSA) is 169 Å². The lowest BCUT2D eigenvalue weighted by Crippen LogP contribution is -2.40. The van der Waals surface area contributed by atoms with Crippen molar-refractivity contribution in [3.05, 3.63) is 12.0 Å². The number of amides is 1. The zero-order valence-electron chi connectivity index (χ0n) is 17.8. The number of nitrogens with one attached hydrogen (secondary N) is 2. The molecular formula is C18H23N5O9. The molecule has 32 heavy (non-hydrogen) atoms. The van der Waals surface area contributed by atoms with E-state index in [-0.39, 0.29) is 6.61 Å². The van der Waals surface area contributed by atoms with Gasteiger partial charge in [-0.25, -0.2) is 14.8 Å². The Bertz CT molecular complexity index is 930. The van der Waals surface area contributed by atoms with Crippen LogP contribution >= 0.6 is 0 Å². The van der Waals surface area contributed by atoms with Crippen LogP contribution in [0.1, 0.15) is 45.8 Å². The molecule has 1 aromatic heterocycles. The van der Waals surface area contributed by atoms with E-state index in [9.17, 15) is 19.2 Å². The first kappa shape index (κ1) is 23.0. The van der Waals surface area contributed by atoms with E-state index in [2.05, 4.69) is 20.6 Å². The second-order valence-electron chi connectivity index (χ2n) is 6.73. The van der Waals surface area contributed by atoms with Crippen molar-refractivity contribution in [2.75, 3.05) is 11.9 Å².